The molecule has 0 radical (unpaired) electrons. The number of nitrogens with one attached hydrogen (secondary N) is 2. The molecule has 188 valence electrons. The first-order chi connectivity index (χ1) is 16.2. The highest BCUT2D eigenvalue weighted by atomic mass is 32.1. The predicted molar refractivity (Wildman–Crippen MR) is 136 cm³/mol. The number of carbonyl (C=O) groups excluding carboxylic acids is 1. The largest absolute Gasteiger partial charge is 0.458 e. The monoisotopic (exact) mass is 493 g/mol. The molecule has 4 atom stereocenters. The maximum atomic E-state index is 13.7. The lowest BCUT2D eigenvalue weighted by atomic mass is 10.0. The molecule has 0 aliphatic rings. The SMILES string of the molecule is CCc1cccc(CNC[C@@H](OC(=O)[C@@H](CS)NC(C)CC)[C@@H](N)Cc2cc(F)cc(F)c2)c1. The predicted octanol–water partition coefficient (Wildman–Crippen LogP) is 3.79. The maximum absolute atomic E-state index is 13.7. The summed E-state index contributed by atoms with van der Waals surface area (Å²) in [5.41, 5.74) is 9.14. The van der Waals surface area contributed by atoms with Gasteiger partial charge in [-0.15, -0.1) is 0 Å². The van der Waals surface area contributed by atoms with Crippen LogP contribution in [0.25, 0.3) is 0 Å². The zero-order chi connectivity index (χ0) is 25.1. The summed E-state index contributed by atoms with van der Waals surface area (Å²) in [7, 11) is 0. The van der Waals surface area contributed by atoms with E-state index in [-0.39, 0.29) is 18.2 Å². The van der Waals surface area contributed by atoms with Gasteiger partial charge in [-0.25, -0.2) is 8.78 Å². The highest BCUT2D eigenvalue weighted by Gasteiger charge is 2.27. The fourth-order valence-electron chi connectivity index (χ4n) is 3.62. The number of thiol groups is 1. The van der Waals surface area contributed by atoms with Crippen molar-refractivity contribution in [2.45, 2.75) is 70.8 Å². The van der Waals surface area contributed by atoms with Crippen LogP contribution in [0.5, 0.6) is 0 Å². The normalized spacial score (nSPS) is 14.9. The summed E-state index contributed by atoms with van der Waals surface area (Å²) in [6, 6.07) is 10.4. The van der Waals surface area contributed by atoms with Crippen LogP contribution in [0.1, 0.15) is 43.9 Å². The number of aryl methyl sites for hydroxylation is 1. The number of nitrogens with two attached hydrogens (primary N) is 1. The first kappa shape index (κ1) is 28.2. The zero-order valence-electron chi connectivity index (χ0n) is 20.2. The van der Waals surface area contributed by atoms with Gasteiger partial charge in [-0.2, -0.15) is 12.6 Å². The minimum absolute atomic E-state index is 0.121. The number of hydrogen-bond donors (Lipinski definition) is 4. The topological polar surface area (TPSA) is 76.4 Å². The Morgan fingerprint density at radius 2 is 1.76 bits per heavy atom. The molecular weight excluding hydrogens is 456 g/mol. The fraction of sp³-hybridized carbons (Fsp3) is 0.500. The van der Waals surface area contributed by atoms with E-state index in [2.05, 4.69) is 42.3 Å². The summed E-state index contributed by atoms with van der Waals surface area (Å²) in [5, 5.41) is 6.52. The van der Waals surface area contributed by atoms with E-state index in [0.29, 0.717) is 18.7 Å². The van der Waals surface area contributed by atoms with Crippen LogP contribution < -0.4 is 16.4 Å². The van der Waals surface area contributed by atoms with Crippen molar-refractivity contribution in [1.29, 1.82) is 0 Å². The van der Waals surface area contributed by atoms with Gasteiger partial charge in [-0.05, 0) is 55.0 Å². The second-order valence-electron chi connectivity index (χ2n) is 8.64. The van der Waals surface area contributed by atoms with Gasteiger partial charge in [0.2, 0.25) is 0 Å². The van der Waals surface area contributed by atoms with Gasteiger partial charge in [0.15, 0.2) is 0 Å². The average Bonchev–Trinajstić information content (AvgIpc) is 2.80. The highest BCUT2D eigenvalue weighted by Crippen LogP contribution is 2.13. The van der Waals surface area contributed by atoms with Gasteiger partial charge in [-0.1, -0.05) is 38.1 Å². The second-order valence-corrected chi connectivity index (χ2v) is 9.00. The molecule has 0 saturated carbocycles. The van der Waals surface area contributed by atoms with Crippen molar-refractivity contribution in [2.75, 3.05) is 12.3 Å². The van der Waals surface area contributed by atoms with Gasteiger partial charge < -0.3 is 21.1 Å². The molecule has 0 aromatic heterocycles. The Bertz CT molecular complexity index is 895. The molecule has 2 aromatic rings. The highest BCUT2D eigenvalue weighted by molar-refractivity contribution is 7.80. The first-order valence-corrected chi connectivity index (χ1v) is 12.4. The number of carbonyl (C=O) groups is 1. The zero-order valence-corrected chi connectivity index (χ0v) is 21.1. The number of hydrogen-bond acceptors (Lipinski definition) is 6. The van der Waals surface area contributed by atoms with Gasteiger partial charge in [-0.3, -0.25) is 4.79 Å². The van der Waals surface area contributed by atoms with E-state index in [1.807, 2.05) is 26.0 Å². The molecule has 0 fully saturated rings. The summed E-state index contributed by atoms with van der Waals surface area (Å²) in [6.07, 6.45) is 1.25. The van der Waals surface area contributed by atoms with Crippen LogP contribution in [-0.4, -0.2) is 42.5 Å². The van der Waals surface area contributed by atoms with E-state index >= 15 is 0 Å². The van der Waals surface area contributed by atoms with Crippen LogP contribution >= 0.6 is 12.6 Å². The van der Waals surface area contributed by atoms with E-state index in [9.17, 15) is 13.6 Å². The van der Waals surface area contributed by atoms with Crippen molar-refractivity contribution in [1.82, 2.24) is 10.6 Å². The summed E-state index contributed by atoms with van der Waals surface area (Å²) >= 11 is 4.29. The quantitative estimate of drug-likeness (QED) is 0.238. The molecule has 0 heterocycles. The van der Waals surface area contributed by atoms with Gasteiger partial charge in [0, 0.05) is 37.0 Å². The molecule has 4 N–H and O–H groups in total. The molecule has 2 rings (SSSR count). The maximum Gasteiger partial charge on any atom is 0.324 e. The standard InChI is InChI=1S/C26H37F2N3O2S/c1-4-17(3)31-24(16-34)26(32)33-25(15-30-14-19-8-6-7-18(5-2)9-19)23(29)12-20-10-21(27)13-22(28)11-20/h6-11,13,17,23-25,30-31,34H,4-5,12,14-16,29H2,1-3H3/t17?,23-,24+,25+/m0/s1. The molecule has 1 unspecified atom stereocenters. The van der Waals surface area contributed by atoms with Crippen LogP contribution in [0.3, 0.4) is 0 Å². The van der Waals surface area contributed by atoms with E-state index in [0.717, 1.165) is 24.5 Å². The van der Waals surface area contributed by atoms with Gasteiger partial charge >= 0.3 is 5.97 Å². The van der Waals surface area contributed by atoms with Gasteiger partial charge in [0.05, 0.1) is 0 Å². The van der Waals surface area contributed by atoms with Crippen molar-refractivity contribution < 1.29 is 18.3 Å². The van der Waals surface area contributed by atoms with Crippen LogP contribution in [0.2, 0.25) is 0 Å². The summed E-state index contributed by atoms with van der Waals surface area (Å²) in [6.45, 7) is 6.97. The molecular formula is C26H37F2N3O2S. The molecule has 8 heteroatoms. The molecule has 0 bridgehead atoms. The summed E-state index contributed by atoms with van der Waals surface area (Å²) in [5.74, 6) is -1.51. The van der Waals surface area contributed by atoms with Crippen LogP contribution in [0.4, 0.5) is 8.78 Å². The Labute approximate surface area is 207 Å². The third kappa shape index (κ3) is 9.33. The summed E-state index contributed by atoms with van der Waals surface area (Å²) in [4.78, 5) is 12.9. The van der Waals surface area contributed by atoms with Gasteiger partial charge in [0.25, 0.3) is 0 Å². The smallest absolute Gasteiger partial charge is 0.324 e. The first-order valence-electron chi connectivity index (χ1n) is 11.8. The Kier molecular flexibility index (Phi) is 12.0. The lowest BCUT2D eigenvalue weighted by Gasteiger charge is -2.28. The molecule has 0 spiro atoms. The Morgan fingerprint density at radius 3 is 2.38 bits per heavy atom. The molecule has 5 nitrogen and oxygen atoms in total. The van der Waals surface area contributed by atoms with Crippen molar-refractivity contribution in [3.8, 4) is 0 Å². The average molecular weight is 494 g/mol. The van der Waals surface area contributed by atoms with Crippen molar-refractivity contribution in [3.05, 3.63) is 70.8 Å². The molecule has 34 heavy (non-hydrogen) atoms. The van der Waals surface area contributed by atoms with Crippen molar-refractivity contribution >= 4 is 18.6 Å². The molecule has 0 aliphatic heterocycles. The third-order valence-corrected chi connectivity index (χ3v) is 6.14. The number of esters is 1. The van der Waals surface area contributed by atoms with E-state index < -0.39 is 35.8 Å². The van der Waals surface area contributed by atoms with Crippen LogP contribution in [0.15, 0.2) is 42.5 Å². The minimum atomic E-state index is -0.700. The lowest BCUT2D eigenvalue weighted by Crippen LogP contribution is -2.50. The van der Waals surface area contributed by atoms with Crippen molar-refractivity contribution in [2.24, 2.45) is 5.73 Å². The number of benzene rings is 2. The number of ether oxygens (including phenoxy) is 1. The van der Waals surface area contributed by atoms with Crippen molar-refractivity contribution in [3.63, 3.8) is 0 Å². The summed E-state index contributed by atoms with van der Waals surface area (Å²) < 4.78 is 33.1. The Balaban J connectivity index is 2.11. The molecule has 0 amide bonds. The number of rotatable bonds is 14. The van der Waals surface area contributed by atoms with E-state index in [1.54, 1.807) is 0 Å². The van der Waals surface area contributed by atoms with Gasteiger partial charge in [0.1, 0.15) is 23.8 Å². The number of halogens is 2. The lowest BCUT2D eigenvalue weighted by molar-refractivity contribution is -0.152. The Hall–Kier alpha value is -2.00. The molecule has 2 aromatic carbocycles. The van der Waals surface area contributed by atoms with Crippen LogP contribution in [0, 0.1) is 11.6 Å². The fourth-order valence-corrected chi connectivity index (χ4v) is 3.87. The molecule has 0 aliphatic carbocycles. The Morgan fingerprint density at radius 1 is 1.09 bits per heavy atom. The third-order valence-electron chi connectivity index (χ3n) is 5.78. The second kappa shape index (κ2) is 14.4. The van der Waals surface area contributed by atoms with E-state index in [1.165, 1.54) is 17.7 Å². The minimum Gasteiger partial charge on any atom is -0.458 e. The van der Waals surface area contributed by atoms with Crippen LogP contribution in [-0.2, 0) is 28.9 Å². The van der Waals surface area contributed by atoms with E-state index in [4.69, 9.17) is 10.5 Å². The molecule has 0 saturated heterocycles.